The summed E-state index contributed by atoms with van der Waals surface area (Å²) in [6, 6.07) is 8.68. The van der Waals surface area contributed by atoms with Gasteiger partial charge in [-0.3, -0.25) is 9.59 Å². The van der Waals surface area contributed by atoms with Crippen molar-refractivity contribution < 1.29 is 19.1 Å². The Morgan fingerprint density at radius 2 is 2.00 bits per heavy atom. The quantitative estimate of drug-likeness (QED) is 0.582. The number of carbonyl (C=O) groups is 3. The fraction of sp³-hybridized carbons (Fsp3) is 0.517. The third kappa shape index (κ3) is 3.38. The number of allylic oxidation sites excluding steroid dienone is 4. The highest BCUT2D eigenvalue weighted by molar-refractivity contribution is 5.92. The van der Waals surface area contributed by atoms with Crippen molar-refractivity contribution in [2.75, 3.05) is 0 Å². The molecule has 4 aliphatic rings. The predicted molar refractivity (Wildman–Crippen MR) is 127 cm³/mol. The van der Waals surface area contributed by atoms with Crippen molar-refractivity contribution in [3.8, 4) is 6.07 Å². The van der Waals surface area contributed by atoms with Crippen LogP contribution in [0.4, 0.5) is 0 Å². The molecule has 0 heterocycles. The molecule has 0 aromatic heterocycles. The van der Waals surface area contributed by atoms with Crippen LogP contribution in [-0.4, -0.2) is 23.6 Å². The van der Waals surface area contributed by atoms with E-state index in [9.17, 15) is 19.6 Å². The second-order valence-corrected chi connectivity index (χ2v) is 11.1. The molecule has 0 amide bonds. The molecule has 5 heteroatoms. The van der Waals surface area contributed by atoms with Crippen molar-refractivity contribution in [3.05, 3.63) is 59.2 Å². The zero-order valence-electron chi connectivity index (χ0n) is 20.0. The number of hydrogen-bond donors (Lipinski definition) is 0. The second kappa shape index (κ2) is 8.05. The Morgan fingerprint density at radius 1 is 1.21 bits per heavy atom. The van der Waals surface area contributed by atoms with E-state index in [-0.39, 0.29) is 46.3 Å². The molecule has 0 spiro atoms. The van der Waals surface area contributed by atoms with E-state index in [1.165, 1.54) is 0 Å². The number of nitriles is 1. The standard InChI is InChI=1S/C29H31NO4/c1-17(31)23-9-10-24-22-8-7-20-14-21(32)11-12-28(20,2)26(22)25(15-29(23,24)3)34-27(33)19-6-4-5-18(13-19)16-30/h4-8,13-14,22-26H,9-12,15H2,1-3H3/t22-,23+,24-,25-,26-,28+,29+/m0/s1. The van der Waals surface area contributed by atoms with Gasteiger partial charge in [-0.1, -0.05) is 32.1 Å². The average molecular weight is 458 g/mol. The molecule has 5 rings (SSSR count). The Morgan fingerprint density at radius 3 is 2.74 bits per heavy atom. The van der Waals surface area contributed by atoms with Gasteiger partial charge in [0.15, 0.2) is 5.78 Å². The Labute approximate surface area is 200 Å². The molecular weight excluding hydrogens is 426 g/mol. The number of nitrogens with zero attached hydrogens (tertiary/aromatic N) is 1. The van der Waals surface area contributed by atoms with E-state index in [1.54, 1.807) is 37.3 Å². The maximum Gasteiger partial charge on any atom is 0.338 e. The summed E-state index contributed by atoms with van der Waals surface area (Å²) in [7, 11) is 0. The molecule has 0 unspecified atom stereocenters. The van der Waals surface area contributed by atoms with Crippen LogP contribution in [0, 0.1) is 45.8 Å². The van der Waals surface area contributed by atoms with Crippen molar-refractivity contribution in [1.29, 1.82) is 5.26 Å². The monoisotopic (exact) mass is 457 g/mol. The number of Topliss-reactive ketones (excluding diaryl/α,β-unsaturated/α-hetero) is 1. The van der Waals surface area contributed by atoms with Gasteiger partial charge in [-0.2, -0.15) is 5.26 Å². The molecule has 176 valence electrons. The van der Waals surface area contributed by atoms with Gasteiger partial charge >= 0.3 is 5.97 Å². The first-order valence-corrected chi connectivity index (χ1v) is 12.3. The fourth-order valence-electron chi connectivity index (χ4n) is 7.79. The molecule has 0 saturated heterocycles. The minimum Gasteiger partial charge on any atom is -0.458 e. The highest BCUT2D eigenvalue weighted by Gasteiger charge is 2.62. The van der Waals surface area contributed by atoms with Crippen LogP contribution in [0.1, 0.15) is 68.8 Å². The normalized spacial score (nSPS) is 38.1. The molecule has 0 bridgehead atoms. The summed E-state index contributed by atoms with van der Waals surface area (Å²) in [5.74, 6) is 0.463. The number of rotatable bonds is 3. The molecule has 5 nitrogen and oxygen atoms in total. The van der Waals surface area contributed by atoms with E-state index in [0.717, 1.165) is 24.8 Å². The summed E-state index contributed by atoms with van der Waals surface area (Å²) in [4.78, 5) is 38.1. The molecule has 1 aromatic carbocycles. The summed E-state index contributed by atoms with van der Waals surface area (Å²) in [5.41, 5.74) is 1.31. The maximum absolute atomic E-state index is 13.3. The molecule has 0 radical (unpaired) electrons. The zero-order chi connectivity index (χ0) is 24.3. The number of carbonyl (C=O) groups excluding carboxylic acids is 3. The van der Waals surface area contributed by atoms with Crippen LogP contribution in [0.15, 0.2) is 48.1 Å². The van der Waals surface area contributed by atoms with Crippen LogP contribution in [0.5, 0.6) is 0 Å². The molecule has 34 heavy (non-hydrogen) atoms. The first-order valence-electron chi connectivity index (χ1n) is 12.3. The van der Waals surface area contributed by atoms with Crippen molar-refractivity contribution in [2.45, 2.75) is 59.0 Å². The number of esters is 1. The van der Waals surface area contributed by atoms with E-state index in [0.29, 0.717) is 29.9 Å². The first kappa shape index (κ1) is 22.8. The van der Waals surface area contributed by atoms with E-state index < -0.39 is 5.97 Å². The average Bonchev–Trinajstić information content (AvgIpc) is 3.16. The predicted octanol–water partition coefficient (Wildman–Crippen LogP) is 5.21. The number of hydrogen-bond acceptors (Lipinski definition) is 5. The summed E-state index contributed by atoms with van der Waals surface area (Å²) in [5, 5.41) is 9.25. The molecule has 7 atom stereocenters. The minimum atomic E-state index is -0.434. The van der Waals surface area contributed by atoms with Crippen LogP contribution in [-0.2, 0) is 14.3 Å². The first-order chi connectivity index (χ1) is 16.2. The Balaban J connectivity index is 1.57. The number of benzene rings is 1. The van der Waals surface area contributed by atoms with Crippen LogP contribution in [0.3, 0.4) is 0 Å². The van der Waals surface area contributed by atoms with Crippen molar-refractivity contribution in [3.63, 3.8) is 0 Å². The number of fused-ring (bicyclic) bond motifs is 5. The van der Waals surface area contributed by atoms with Crippen molar-refractivity contribution in [2.24, 2.45) is 34.5 Å². The van der Waals surface area contributed by atoms with E-state index >= 15 is 0 Å². The summed E-state index contributed by atoms with van der Waals surface area (Å²) in [6.45, 7) is 6.10. The Kier molecular flexibility index (Phi) is 5.39. The Bertz CT molecular complexity index is 1170. The van der Waals surface area contributed by atoms with E-state index in [4.69, 9.17) is 4.74 Å². The van der Waals surface area contributed by atoms with Crippen molar-refractivity contribution in [1.82, 2.24) is 0 Å². The lowest BCUT2D eigenvalue weighted by atomic mass is 9.47. The van der Waals surface area contributed by atoms with Crippen LogP contribution in [0.25, 0.3) is 0 Å². The molecule has 0 N–H and O–H groups in total. The fourth-order valence-corrected chi connectivity index (χ4v) is 7.79. The van der Waals surface area contributed by atoms with E-state index in [1.807, 2.05) is 0 Å². The van der Waals surface area contributed by atoms with Crippen molar-refractivity contribution >= 4 is 17.5 Å². The van der Waals surface area contributed by atoms with Crippen LogP contribution < -0.4 is 0 Å². The number of ether oxygens (including phenoxy) is 1. The lowest BCUT2D eigenvalue weighted by Crippen LogP contribution is -2.56. The highest BCUT2D eigenvalue weighted by atomic mass is 16.5. The van der Waals surface area contributed by atoms with Gasteiger partial charge in [0.1, 0.15) is 11.9 Å². The van der Waals surface area contributed by atoms with Gasteiger partial charge in [0.25, 0.3) is 0 Å². The van der Waals surface area contributed by atoms with Crippen LogP contribution in [0.2, 0.25) is 0 Å². The zero-order valence-corrected chi connectivity index (χ0v) is 20.0. The van der Waals surface area contributed by atoms with Gasteiger partial charge in [0.05, 0.1) is 17.2 Å². The minimum absolute atomic E-state index is 0.0346. The van der Waals surface area contributed by atoms with Gasteiger partial charge in [-0.05, 0) is 85.1 Å². The molecule has 4 aliphatic carbocycles. The van der Waals surface area contributed by atoms with Gasteiger partial charge in [0.2, 0.25) is 0 Å². The van der Waals surface area contributed by atoms with Gasteiger partial charge in [-0.15, -0.1) is 0 Å². The summed E-state index contributed by atoms with van der Waals surface area (Å²) >= 11 is 0. The molecule has 2 saturated carbocycles. The smallest absolute Gasteiger partial charge is 0.338 e. The summed E-state index contributed by atoms with van der Waals surface area (Å²) in [6.07, 6.45) is 9.46. The molecule has 2 fully saturated rings. The Hall–Kier alpha value is -3.00. The molecule has 1 aromatic rings. The SMILES string of the molecule is CC(=O)[C@H]1CC[C@H]2[C@@H]3C=CC4=CC(=O)CC[C@@]4(C)[C@@H]3[C@@H](OC(=O)c3cccc(C#N)c3)C[C@]12C. The third-order valence-electron chi connectivity index (χ3n) is 9.41. The molecule has 0 aliphatic heterocycles. The maximum atomic E-state index is 13.3. The van der Waals surface area contributed by atoms with Gasteiger partial charge < -0.3 is 4.74 Å². The lowest BCUT2D eigenvalue weighted by molar-refractivity contribution is -0.135. The van der Waals surface area contributed by atoms with E-state index in [2.05, 4.69) is 32.1 Å². The van der Waals surface area contributed by atoms with Crippen LogP contribution >= 0.6 is 0 Å². The molecular formula is C29H31NO4. The topological polar surface area (TPSA) is 84.2 Å². The third-order valence-corrected chi connectivity index (χ3v) is 9.41. The lowest BCUT2D eigenvalue weighted by Gasteiger charge is -2.58. The highest BCUT2D eigenvalue weighted by Crippen LogP contribution is 2.65. The van der Waals surface area contributed by atoms with Gasteiger partial charge in [-0.25, -0.2) is 4.79 Å². The largest absolute Gasteiger partial charge is 0.458 e. The van der Waals surface area contributed by atoms with Gasteiger partial charge in [0, 0.05) is 18.3 Å². The number of ketones is 2. The summed E-state index contributed by atoms with van der Waals surface area (Å²) < 4.78 is 6.28. The second-order valence-electron chi connectivity index (χ2n) is 11.1.